The molecule has 0 atom stereocenters. The number of ether oxygens (including phenoxy) is 2. The van der Waals surface area contributed by atoms with Gasteiger partial charge in [0.15, 0.2) is 11.5 Å². The van der Waals surface area contributed by atoms with Gasteiger partial charge in [-0.25, -0.2) is 9.37 Å². The molecular weight excluding hydrogens is 432 g/mol. The molecule has 3 rings (SSSR count). The molecule has 0 bridgehead atoms. The first-order valence-electron chi connectivity index (χ1n) is 8.89. The molecule has 1 heterocycles. The van der Waals surface area contributed by atoms with Crippen LogP contribution in [0.3, 0.4) is 0 Å². The molecule has 0 aliphatic carbocycles. The lowest BCUT2D eigenvalue weighted by Gasteiger charge is -2.15. The van der Waals surface area contributed by atoms with E-state index in [1.807, 2.05) is 0 Å². The first-order valence-corrected chi connectivity index (χ1v) is 9.88. The van der Waals surface area contributed by atoms with Crippen LogP contribution in [-0.4, -0.2) is 19.2 Å². The molecule has 9 heteroatoms. The van der Waals surface area contributed by atoms with Crippen molar-refractivity contribution in [3.8, 4) is 28.8 Å². The van der Waals surface area contributed by atoms with E-state index in [1.54, 1.807) is 24.3 Å². The number of alkyl halides is 3. The average Bonchev–Trinajstić information content (AvgIpc) is 2.76. The Balaban J connectivity index is 2.12. The van der Waals surface area contributed by atoms with Crippen LogP contribution in [0, 0.1) is 17.1 Å². The van der Waals surface area contributed by atoms with E-state index in [4.69, 9.17) is 9.47 Å². The summed E-state index contributed by atoms with van der Waals surface area (Å²) in [6, 6.07) is 12.9. The first-order chi connectivity index (χ1) is 14.8. The van der Waals surface area contributed by atoms with Gasteiger partial charge in [0.25, 0.3) is 0 Å². The number of thioether (sulfide) groups is 1. The van der Waals surface area contributed by atoms with Crippen LogP contribution in [0.4, 0.5) is 17.6 Å². The number of benzene rings is 2. The first kappa shape index (κ1) is 22.4. The molecule has 0 spiro atoms. The van der Waals surface area contributed by atoms with Crippen LogP contribution < -0.4 is 9.47 Å². The molecule has 0 aliphatic rings. The monoisotopic (exact) mass is 448 g/mol. The maximum absolute atomic E-state index is 13.9. The van der Waals surface area contributed by atoms with E-state index < -0.39 is 23.1 Å². The Morgan fingerprint density at radius 3 is 2.35 bits per heavy atom. The zero-order valence-electron chi connectivity index (χ0n) is 16.5. The Kier molecular flexibility index (Phi) is 6.71. The van der Waals surface area contributed by atoms with Crippen molar-refractivity contribution in [2.45, 2.75) is 17.0 Å². The molecule has 0 aliphatic heterocycles. The lowest BCUT2D eigenvalue weighted by Crippen LogP contribution is -2.10. The second-order valence-corrected chi connectivity index (χ2v) is 7.26. The summed E-state index contributed by atoms with van der Waals surface area (Å²) in [6.45, 7) is 0. The summed E-state index contributed by atoms with van der Waals surface area (Å²) in [7, 11) is 2.85. The minimum atomic E-state index is -4.77. The maximum atomic E-state index is 13.9. The van der Waals surface area contributed by atoms with E-state index in [-0.39, 0.29) is 16.5 Å². The van der Waals surface area contributed by atoms with Crippen molar-refractivity contribution in [1.29, 1.82) is 5.26 Å². The number of methoxy groups -OCH3 is 2. The topological polar surface area (TPSA) is 55.1 Å². The van der Waals surface area contributed by atoms with Gasteiger partial charge in [-0.1, -0.05) is 18.2 Å². The molecular formula is C22H16F4N2O2S. The van der Waals surface area contributed by atoms with Crippen LogP contribution in [-0.2, 0) is 11.9 Å². The third kappa shape index (κ3) is 4.91. The molecule has 0 radical (unpaired) electrons. The third-order valence-electron chi connectivity index (χ3n) is 4.40. The van der Waals surface area contributed by atoms with Crippen LogP contribution in [0.2, 0.25) is 0 Å². The van der Waals surface area contributed by atoms with Crippen LogP contribution in [0.15, 0.2) is 53.6 Å². The van der Waals surface area contributed by atoms with Gasteiger partial charge in [0, 0.05) is 11.3 Å². The second kappa shape index (κ2) is 9.27. The van der Waals surface area contributed by atoms with E-state index in [2.05, 4.69) is 4.98 Å². The van der Waals surface area contributed by atoms with Crippen LogP contribution >= 0.6 is 11.8 Å². The minimum Gasteiger partial charge on any atom is -0.493 e. The number of nitriles is 1. The van der Waals surface area contributed by atoms with Gasteiger partial charge in [-0.2, -0.15) is 18.4 Å². The van der Waals surface area contributed by atoms with Crippen molar-refractivity contribution in [2.75, 3.05) is 14.2 Å². The molecule has 2 aromatic carbocycles. The van der Waals surface area contributed by atoms with Gasteiger partial charge in [-0.15, -0.1) is 11.8 Å². The predicted octanol–water partition coefficient (Wildman–Crippen LogP) is 6.09. The SMILES string of the molecule is COc1ccc(-c2cc(C(F)(F)F)c(C#N)c(SCc3ccccc3F)n2)cc1OC. The van der Waals surface area contributed by atoms with Gasteiger partial charge in [0.2, 0.25) is 0 Å². The normalized spacial score (nSPS) is 11.1. The molecule has 0 unspecified atom stereocenters. The summed E-state index contributed by atoms with van der Waals surface area (Å²) in [5.41, 5.74) is -1.06. The lowest BCUT2D eigenvalue weighted by atomic mass is 10.0. The summed E-state index contributed by atoms with van der Waals surface area (Å²) in [5.74, 6) is 0.257. The summed E-state index contributed by atoms with van der Waals surface area (Å²) < 4.78 is 65.4. The predicted molar refractivity (Wildman–Crippen MR) is 108 cm³/mol. The smallest absolute Gasteiger partial charge is 0.417 e. The largest absolute Gasteiger partial charge is 0.493 e. The molecule has 3 aromatic rings. The number of rotatable bonds is 6. The summed E-state index contributed by atoms with van der Waals surface area (Å²) in [4.78, 5) is 4.29. The molecule has 0 saturated carbocycles. The van der Waals surface area contributed by atoms with Crippen molar-refractivity contribution >= 4 is 11.8 Å². The zero-order chi connectivity index (χ0) is 22.6. The molecule has 0 fully saturated rings. The molecule has 0 amide bonds. The van der Waals surface area contributed by atoms with Crippen molar-refractivity contribution in [2.24, 2.45) is 0 Å². The average molecular weight is 448 g/mol. The standard InChI is InChI=1S/C22H16F4N2O2S/c1-29-19-8-7-13(9-20(19)30-2)18-10-16(22(24,25)26)15(11-27)21(28-18)31-12-14-5-3-4-6-17(14)23/h3-10H,12H2,1-2H3. The summed E-state index contributed by atoms with van der Waals surface area (Å²) in [6.07, 6.45) is -4.77. The Labute approximate surface area is 180 Å². The molecule has 1 aromatic heterocycles. The maximum Gasteiger partial charge on any atom is 0.417 e. The fourth-order valence-electron chi connectivity index (χ4n) is 2.86. The van der Waals surface area contributed by atoms with E-state index >= 15 is 0 Å². The highest BCUT2D eigenvalue weighted by Gasteiger charge is 2.36. The minimum absolute atomic E-state index is 0.00307. The van der Waals surface area contributed by atoms with E-state index in [1.165, 1.54) is 38.5 Å². The van der Waals surface area contributed by atoms with Crippen LogP contribution in [0.5, 0.6) is 11.5 Å². The van der Waals surface area contributed by atoms with Crippen LogP contribution in [0.1, 0.15) is 16.7 Å². The number of pyridine rings is 1. The van der Waals surface area contributed by atoms with E-state index in [9.17, 15) is 22.8 Å². The summed E-state index contributed by atoms with van der Waals surface area (Å²) in [5, 5.41) is 9.28. The number of hydrogen-bond donors (Lipinski definition) is 0. The molecule has 0 N–H and O–H groups in total. The van der Waals surface area contributed by atoms with Gasteiger partial charge < -0.3 is 9.47 Å². The van der Waals surface area contributed by atoms with Gasteiger partial charge in [-0.05, 0) is 35.9 Å². The number of hydrogen-bond acceptors (Lipinski definition) is 5. The highest BCUT2D eigenvalue weighted by molar-refractivity contribution is 7.98. The Bertz CT molecular complexity index is 1140. The van der Waals surface area contributed by atoms with Crippen molar-refractivity contribution in [1.82, 2.24) is 4.98 Å². The van der Waals surface area contributed by atoms with Crippen molar-refractivity contribution in [3.63, 3.8) is 0 Å². The quantitative estimate of drug-likeness (QED) is 0.338. The highest BCUT2D eigenvalue weighted by Crippen LogP contribution is 2.40. The molecule has 0 saturated heterocycles. The Morgan fingerprint density at radius 1 is 1.03 bits per heavy atom. The Hall–Kier alpha value is -3.25. The number of aromatic nitrogens is 1. The second-order valence-electron chi connectivity index (χ2n) is 6.29. The Morgan fingerprint density at radius 2 is 1.74 bits per heavy atom. The van der Waals surface area contributed by atoms with Gasteiger partial charge in [0.05, 0.1) is 31.0 Å². The van der Waals surface area contributed by atoms with Crippen molar-refractivity contribution in [3.05, 3.63) is 71.0 Å². The van der Waals surface area contributed by atoms with Gasteiger partial charge in [0.1, 0.15) is 16.9 Å². The van der Waals surface area contributed by atoms with E-state index in [0.29, 0.717) is 22.6 Å². The van der Waals surface area contributed by atoms with Gasteiger partial charge in [-0.3, -0.25) is 0 Å². The molecule has 4 nitrogen and oxygen atoms in total. The highest BCUT2D eigenvalue weighted by atomic mass is 32.2. The zero-order valence-corrected chi connectivity index (χ0v) is 17.3. The lowest BCUT2D eigenvalue weighted by molar-refractivity contribution is -0.138. The van der Waals surface area contributed by atoms with Crippen LogP contribution in [0.25, 0.3) is 11.3 Å². The fourth-order valence-corrected chi connectivity index (χ4v) is 3.85. The van der Waals surface area contributed by atoms with Gasteiger partial charge >= 0.3 is 6.18 Å². The number of halogens is 4. The van der Waals surface area contributed by atoms with Crippen molar-refractivity contribution < 1.29 is 27.0 Å². The number of nitrogens with zero attached hydrogens (tertiary/aromatic N) is 2. The summed E-state index contributed by atoms with van der Waals surface area (Å²) >= 11 is 0.866. The van der Waals surface area contributed by atoms with E-state index in [0.717, 1.165) is 17.8 Å². The fraction of sp³-hybridized carbons (Fsp3) is 0.182. The molecule has 31 heavy (non-hydrogen) atoms. The molecule has 160 valence electrons. The third-order valence-corrected chi connectivity index (χ3v) is 5.43.